The maximum atomic E-state index is 11.2. The molecule has 1 aromatic carbocycles. The monoisotopic (exact) mass is 291 g/mol. The van der Waals surface area contributed by atoms with Crippen molar-refractivity contribution in [3.05, 3.63) is 29.8 Å². The first-order valence-electron chi connectivity index (χ1n) is 8.34. The molecule has 1 aromatic rings. The predicted molar refractivity (Wildman–Crippen MR) is 86.7 cm³/mol. The molecule has 0 radical (unpaired) electrons. The number of para-hydroxylation sites is 1. The van der Waals surface area contributed by atoms with E-state index in [1.807, 2.05) is 31.2 Å². The smallest absolute Gasteiger partial charge is 0.125 e. The molecule has 1 saturated heterocycles. The average molecular weight is 291 g/mol. The third-order valence-electron chi connectivity index (χ3n) is 4.98. The third kappa shape index (κ3) is 3.09. The summed E-state index contributed by atoms with van der Waals surface area (Å²) in [6.07, 6.45) is 3.87. The lowest BCUT2D eigenvalue weighted by molar-refractivity contribution is -0.0306. The summed E-state index contributed by atoms with van der Waals surface area (Å²) < 4.78 is 5.73. The molecule has 0 saturated carbocycles. The highest BCUT2D eigenvalue weighted by molar-refractivity contribution is 5.37. The Morgan fingerprint density at radius 2 is 1.76 bits per heavy atom. The summed E-state index contributed by atoms with van der Waals surface area (Å²) in [4.78, 5) is 2.49. The second kappa shape index (κ2) is 7.28. The number of likely N-dealkylation sites (tertiary alicyclic amines) is 1. The Kier molecular flexibility index (Phi) is 5.65. The van der Waals surface area contributed by atoms with Gasteiger partial charge in [0.2, 0.25) is 0 Å². The molecular weight excluding hydrogens is 262 g/mol. The van der Waals surface area contributed by atoms with Gasteiger partial charge in [-0.25, -0.2) is 0 Å². The summed E-state index contributed by atoms with van der Waals surface area (Å²) in [5, 5.41) is 11.2. The quantitative estimate of drug-likeness (QED) is 0.830. The van der Waals surface area contributed by atoms with Gasteiger partial charge in [0.25, 0.3) is 0 Å². The van der Waals surface area contributed by atoms with Gasteiger partial charge in [0.05, 0.1) is 12.1 Å². The predicted octanol–water partition coefficient (Wildman–Crippen LogP) is 3.77. The van der Waals surface area contributed by atoms with E-state index in [-0.39, 0.29) is 5.54 Å². The molecule has 0 amide bonds. The molecule has 0 aromatic heterocycles. The van der Waals surface area contributed by atoms with Crippen molar-refractivity contribution < 1.29 is 9.84 Å². The van der Waals surface area contributed by atoms with Gasteiger partial charge in [0, 0.05) is 5.56 Å². The van der Waals surface area contributed by atoms with Gasteiger partial charge < -0.3 is 9.84 Å². The first-order valence-corrected chi connectivity index (χ1v) is 8.34. The summed E-state index contributed by atoms with van der Waals surface area (Å²) in [5.41, 5.74) is 0.749. The molecule has 21 heavy (non-hydrogen) atoms. The molecule has 3 heteroatoms. The molecule has 1 aliphatic heterocycles. The van der Waals surface area contributed by atoms with Crippen molar-refractivity contribution in [3.63, 3.8) is 0 Å². The van der Waals surface area contributed by atoms with E-state index in [9.17, 15) is 5.11 Å². The van der Waals surface area contributed by atoms with Gasteiger partial charge in [-0.1, -0.05) is 32.0 Å². The van der Waals surface area contributed by atoms with Gasteiger partial charge in [-0.2, -0.15) is 0 Å². The van der Waals surface area contributed by atoms with Gasteiger partial charge in [0.1, 0.15) is 11.9 Å². The molecule has 2 rings (SSSR count). The fourth-order valence-electron chi connectivity index (χ4n) is 3.70. The van der Waals surface area contributed by atoms with E-state index in [2.05, 4.69) is 18.7 Å². The van der Waals surface area contributed by atoms with Crippen LogP contribution in [0.4, 0.5) is 0 Å². The summed E-state index contributed by atoms with van der Waals surface area (Å²) in [6.45, 7) is 9.17. The zero-order chi connectivity index (χ0) is 15.3. The molecule has 1 unspecified atom stereocenters. The molecule has 1 aliphatic rings. The minimum Gasteiger partial charge on any atom is -0.493 e. The van der Waals surface area contributed by atoms with Crippen LogP contribution in [0.15, 0.2) is 24.3 Å². The Morgan fingerprint density at radius 1 is 1.14 bits per heavy atom. The molecule has 0 aliphatic carbocycles. The highest BCUT2D eigenvalue weighted by Crippen LogP contribution is 2.42. The highest BCUT2D eigenvalue weighted by atomic mass is 16.5. The number of aliphatic hydroxyl groups is 1. The van der Waals surface area contributed by atoms with Crippen LogP contribution in [0.1, 0.15) is 58.1 Å². The number of ether oxygens (including phenoxy) is 1. The van der Waals surface area contributed by atoms with E-state index in [1.165, 1.54) is 12.8 Å². The Bertz CT molecular complexity index is 437. The van der Waals surface area contributed by atoms with Crippen LogP contribution in [0, 0.1) is 0 Å². The molecule has 1 fully saturated rings. The molecule has 118 valence electrons. The number of hydrogen-bond donors (Lipinski definition) is 1. The number of benzene rings is 1. The van der Waals surface area contributed by atoms with Crippen molar-refractivity contribution in [3.8, 4) is 5.75 Å². The van der Waals surface area contributed by atoms with Gasteiger partial charge in [0.15, 0.2) is 0 Å². The molecule has 0 bridgehead atoms. The van der Waals surface area contributed by atoms with Gasteiger partial charge in [-0.15, -0.1) is 0 Å². The van der Waals surface area contributed by atoms with E-state index in [0.29, 0.717) is 6.61 Å². The second-order valence-corrected chi connectivity index (χ2v) is 5.88. The lowest BCUT2D eigenvalue weighted by atomic mass is 9.81. The first kappa shape index (κ1) is 16.3. The highest BCUT2D eigenvalue weighted by Gasteiger charge is 2.42. The average Bonchev–Trinajstić information content (AvgIpc) is 3.05. The van der Waals surface area contributed by atoms with Gasteiger partial charge >= 0.3 is 0 Å². The van der Waals surface area contributed by atoms with Gasteiger partial charge in [-0.05, 0) is 51.8 Å². The molecular formula is C18H29NO2. The molecule has 0 spiro atoms. The molecule has 3 nitrogen and oxygen atoms in total. The van der Waals surface area contributed by atoms with Crippen molar-refractivity contribution in [1.29, 1.82) is 0 Å². The number of hydrogen-bond acceptors (Lipinski definition) is 3. The summed E-state index contributed by atoms with van der Waals surface area (Å²) in [7, 11) is 0. The lowest BCUT2D eigenvalue weighted by Gasteiger charge is -2.45. The third-order valence-corrected chi connectivity index (χ3v) is 4.98. The number of nitrogens with zero attached hydrogens (tertiary/aromatic N) is 1. The Balaban J connectivity index is 2.36. The maximum Gasteiger partial charge on any atom is 0.125 e. The Hall–Kier alpha value is -1.06. The molecule has 1 N–H and O–H groups in total. The lowest BCUT2D eigenvalue weighted by Crippen LogP contribution is -2.51. The van der Waals surface area contributed by atoms with Crippen LogP contribution in [-0.2, 0) is 0 Å². The second-order valence-electron chi connectivity index (χ2n) is 5.88. The fraction of sp³-hybridized carbons (Fsp3) is 0.667. The summed E-state index contributed by atoms with van der Waals surface area (Å²) >= 11 is 0. The van der Waals surface area contributed by atoms with Gasteiger partial charge in [-0.3, -0.25) is 4.90 Å². The molecule has 1 atom stereocenters. The zero-order valence-electron chi connectivity index (χ0n) is 13.6. The maximum absolute atomic E-state index is 11.2. The zero-order valence-corrected chi connectivity index (χ0v) is 13.6. The fourth-order valence-corrected chi connectivity index (χ4v) is 3.70. The first-order chi connectivity index (χ1) is 10.2. The van der Waals surface area contributed by atoms with Crippen molar-refractivity contribution in [2.24, 2.45) is 0 Å². The number of aliphatic hydroxyl groups excluding tert-OH is 1. The van der Waals surface area contributed by atoms with Crippen molar-refractivity contribution in [1.82, 2.24) is 4.90 Å². The van der Waals surface area contributed by atoms with E-state index in [0.717, 1.165) is 37.2 Å². The SMILES string of the molecule is CCOc1ccccc1C(O)C(CC)(CC)N1CCCC1. The minimum atomic E-state index is -0.506. The summed E-state index contributed by atoms with van der Waals surface area (Å²) in [6, 6.07) is 7.92. The van der Waals surface area contributed by atoms with Crippen LogP contribution in [-0.4, -0.2) is 35.2 Å². The van der Waals surface area contributed by atoms with E-state index in [4.69, 9.17) is 4.74 Å². The standard InChI is InChI=1S/C18H29NO2/c1-4-18(5-2,19-13-9-10-14-19)17(20)15-11-7-8-12-16(15)21-6-3/h7-8,11-12,17,20H,4-6,9-10,13-14H2,1-3H3. The van der Waals surface area contributed by atoms with Crippen LogP contribution in [0.3, 0.4) is 0 Å². The number of rotatable bonds is 7. The Morgan fingerprint density at radius 3 is 2.33 bits per heavy atom. The van der Waals surface area contributed by atoms with E-state index in [1.54, 1.807) is 0 Å². The summed E-state index contributed by atoms with van der Waals surface area (Å²) in [5.74, 6) is 0.818. The van der Waals surface area contributed by atoms with Crippen LogP contribution in [0.5, 0.6) is 5.75 Å². The topological polar surface area (TPSA) is 32.7 Å². The van der Waals surface area contributed by atoms with Crippen LogP contribution in [0.2, 0.25) is 0 Å². The molecule has 1 heterocycles. The largest absolute Gasteiger partial charge is 0.493 e. The normalized spacial score (nSPS) is 17.9. The van der Waals surface area contributed by atoms with Crippen LogP contribution < -0.4 is 4.74 Å². The minimum absolute atomic E-state index is 0.177. The van der Waals surface area contributed by atoms with E-state index < -0.39 is 6.10 Å². The van der Waals surface area contributed by atoms with Crippen molar-refractivity contribution in [2.45, 2.75) is 58.1 Å². The van der Waals surface area contributed by atoms with Crippen LogP contribution >= 0.6 is 0 Å². The van der Waals surface area contributed by atoms with Crippen LogP contribution in [0.25, 0.3) is 0 Å². The van der Waals surface area contributed by atoms with Crippen molar-refractivity contribution in [2.75, 3.05) is 19.7 Å². The Labute approximate surface area is 128 Å². The van der Waals surface area contributed by atoms with E-state index >= 15 is 0 Å². The van der Waals surface area contributed by atoms with Crippen molar-refractivity contribution >= 4 is 0 Å².